The predicted octanol–water partition coefficient (Wildman–Crippen LogP) is 2.45. The summed E-state index contributed by atoms with van der Waals surface area (Å²) in [6, 6.07) is 2.16. The van der Waals surface area contributed by atoms with E-state index in [2.05, 4.69) is 22.5 Å². The molecule has 0 amide bonds. The van der Waals surface area contributed by atoms with Crippen LogP contribution >= 0.6 is 0 Å². The van der Waals surface area contributed by atoms with Gasteiger partial charge in [-0.05, 0) is 13.3 Å². The van der Waals surface area contributed by atoms with E-state index in [0.29, 0.717) is 6.42 Å². The smallest absolute Gasteiger partial charge is 0.108 e. The summed E-state index contributed by atoms with van der Waals surface area (Å²) in [5, 5.41) is 8.52. The quantitative estimate of drug-likeness (QED) is 0.717. The summed E-state index contributed by atoms with van der Waals surface area (Å²) in [5.74, 6) is 1.12. The number of aromatic nitrogens is 2. The molecule has 0 bridgehead atoms. The molecule has 0 atom stereocenters. The van der Waals surface area contributed by atoms with Crippen LogP contribution in [0.1, 0.15) is 37.7 Å². The van der Waals surface area contributed by atoms with Crippen LogP contribution < -0.4 is 0 Å². The molecule has 3 nitrogen and oxygen atoms in total. The van der Waals surface area contributed by atoms with Gasteiger partial charge in [-0.2, -0.15) is 5.26 Å². The Morgan fingerprint density at radius 2 is 2.36 bits per heavy atom. The Morgan fingerprint density at radius 3 is 3.00 bits per heavy atom. The molecule has 14 heavy (non-hydrogen) atoms. The van der Waals surface area contributed by atoms with Crippen molar-refractivity contribution >= 4 is 0 Å². The second-order valence-corrected chi connectivity index (χ2v) is 3.50. The summed E-state index contributed by atoms with van der Waals surface area (Å²) >= 11 is 0. The lowest BCUT2D eigenvalue weighted by Crippen LogP contribution is -2.02. The van der Waals surface area contributed by atoms with E-state index in [1.54, 1.807) is 0 Å². The number of hydrogen-bond donors (Lipinski definition) is 0. The first-order valence-electron chi connectivity index (χ1n) is 5.17. The van der Waals surface area contributed by atoms with Gasteiger partial charge in [0.05, 0.1) is 18.2 Å². The largest absolute Gasteiger partial charge is 0.334 e. The van der Waals surface area contributed by atoms with E-state index in [9.17, 15) is 0 Å². The van der Waals surface area contributed by atoms with Gasteiger partial charge in [0, 0.05) is 19.2 Å². The molecule has 0 unspecified atom stereocenters. The second kappa shape index (κ2) is 5.43. The molecular weight excluding hydrogens is 174 g/mol. The molecule has 0 N–H and O–H groups in total. The van der Waals surface area contributed by atoms with Crippen molar-refractivity contribution in [2.45, 2.75) is 46.1 Å². The molecule has 1 aromatic rings. The van der Waals surface area contributed by atoms with Crippen molar-refractivity contribution in [3.63, 3.8) is 0 Å². The maximum absolute atomic E-state index is 8.52. The summed E-state index contributed by atoms with van der Waals surface area (Å²) in [4.78, 5) is 4.45. The molecule has 0 aliphatic carbocycles. The first-order valence-corrected chi connectivity index (χ1v) is 5.17. The van der Waals surface area contributed by atoms with Crippen molar-refractivity contribution in [3.8, 4) is 6.07 Å². The van der Waals surface area contributed by atoms with E-state index in [4.69, 9.17) is 5.26 Å². The third kappa shape index (κ3) is 2.88. The zero-order chi connectivity index (χ0) is 10.4. The van der Waals surface area contributed by atoms with Crippen molar-refractivity contribution in [2.75, 3.05) is 0 Å². The van der Waals surface area contributed by atoms with Crippen LogP contribution in [0, 0.1) is 18.3 Å². The molecule has 1 rings (SSSR count). The zero-order valence-corrected chi connectivity index (χ0v) is 8.95. The average Bonchev–Trinajstić information content (AvgIpc) is 2.52. The number of rotatable bonds is 5. The molecule has 76 valence electrons. The number of imidazole rings is 1. The Kier molecular flexibility index (Phi) is 4.18. The monoisotopic (exact) mass is 191 g/mol. The van der Waals surface area contributed by atoms with E-state index in [0.717, 1.165) is 24.5 Å². The van der Waals surface area contributed by atoms with E-state index in [1.165, 1.54) is 12.8 Å². The first-order chi connectivity index (χ1) is 6.77. The number of aryl methyl sites for hydroxylation is 3. The molecule has 0 aliphatic heterocycles. The molecule has 1 aromatic heterocycles. The number of nitrogens with zero attached hydrogens (tertiary/aromatic N) is 3. The van der Waals surface area contributed by atoms with E-state index in [-0.39, 0.29) is 0 Å². The average molecular weight is 191 g/mol. The lowest BCUT2D eigenvalue weighted by Gasteiger charge is -2.03. The van der Waals surface area contributed by atoms with Crippen LogP contribution in [0.5, 0.6) is 0 Å². The Labute approximate surface area is 85.4 Å². The van der Waals surface area contributed by atoms with Crippen LogP contribution in [-0.4, -0.2) is 9.55 Å². The second-order valence-electron chi connectivity index (χ2n) is 3.50. The lowest BCUT2D eigenvalue weighted by molar-refractivity contribution is 0.640. The number of nitriles is 1. The van der Waals surface area contributed by atoms with Gasteiger partial charge in [0.15, 0.2) is 0 Å². The highest BCUT2D eigenvalue weighted by Crippen LogP contribution is 2.07. The van der Waals surface area contributed by atoms with E-state index >= 15 is 0 Å². The molecule has 0 fully saturated rings. The normalized spacial score (nSPS) is 10.1. The van der Waals surface area contributed by atoms with Crippen LogP contribution in [0.15, 0.2) is 6.20 Å². The SMILES string of the molecule is CCCCc1nc(C)cn1CCC#N. The molecule has 0 saturated carbocycles. The first kappa shape index (κ1) is 10.8. The van der Waals surface area contributed by atoms with Crippen molar-refractivity contribution in [1.29, 1.82) is 5.26 Å². The van der Waals surface area contributed by atoms with Gasteiger partial charge < -0.3 is 4.57 Å². The van der Waals surface area contributed by atoms with Gasteiger partial charge >= 0.3 is 0 Å². The molecule has 3 heteroatoms. The van der Waals surface area contributed by atoms with Crippen LogP contribution in [0.4, 0.5) is 0 Å². The summed E-state index contributed by atoms with van der Waals surface area (Å²) < 4.78 is 2.11. The van der Waals surface area contributed by atoms with E-state index < -0.39 is 0 Å². The van der Waals surface area contributed by atoms with Crippen molar-refractivity contribution in [1.82, 2.24) is 9.55 Å². The van der Waals surface area contributed by atoms with Gasteiger partial charge in [0.25, 0.3) is 0 Å². The number of unbranched alkanes of at least 4 members (excludes halogenated alkanes) is 1. The van der Waals surface area contributed by atoms with Crippen LogP contribution in [-0.2, 0) is 13.0 Å². The Morgan fingerprint density at radius 1 is 1.57 bits per heavy atom. The van der Waals surface area contributed by atoms with Crippen molar-refractivity contribution < 1.29 is 0 Å². The van der Waals surface area contributed by atoms with Crippen LogP contribution in [0.3, 0.4) is 0 Å². The van der Waals surface area contributed by atoms with Crippen LogP contribution in [0.25, 0.3) is 0 Å². The lowest BCUT2D eigenvalue weighted by atomic mass is 10.2. The topological polar surface area (TPSA) is 41.6 Å². The fraction of sp³-hybridized carbons (Fsp3) is 0.636. The fourth-order valence-corrected chi connectivity index (χ4v) is 1.50. The third-order valence-corrected chi connectivity index (χ3v) is 2.20. The molecule has 1 heterocycles. The Bertz CT molecular complexity index is 320. The van der Waals surface area contributed by atoms with Crippen molar-refractivity contribution in [3.05, 3.63) is 17.7 Å². The molecule has 0 saturated heterocycles. The molecule has 0 aromatic carbocycles. The van der Waals surface area contributed by atoms with Gasteiger partial charge in [0.2, 0.25) is 0 Å². The Balaban J connectivity index is 2.65. The predicted molar refractivity (Wildman–Crippen MR) is 55.8 cm³/mol. The fourth-order valence-electron chi connectivity index (χ4n) is 1.50. The van der Waals surface area contributed by atoms with Gasteiger partial charge in [-0.15, -0.1) is 0 Å². The highest BCUT2D eigenvalue weighted by molar-refractivity contribution is 5.02. The maximum atomic E-state index is 8.52. The summed E-state index contributed by atoms with van der Waals surface area (Å²) in [6.45, 7) is 4.95. The van der Waals surface area contributed by atoms with Gasteiger partial charge in [-0.1, -0.05) is 13.3 Å². The minimum Gasteiger partial charge on any atom is -0.334 e. The van der Waals surface area contributed by atoms with Gasteiger partial charge in [-0.25, -0.2) is 4.98 Å². The molecule has 0 radical (unpaired) electrons. The molecule has 0 spiro atoms. The molecular formula is C11H17N3. The highest BCUT2D eigenvalue weighted by atomic mass is 15.1. The summed E-state index contributed by atoms with van der Waals surface area (Å²) in [7, 11) is 0. The van der Waals surface area contributed by atoms with Crippen LogP contribution in [0.2, 0.25) is 0 Å². The maximum Gasteiger partial charge on any atom is 0.108 e. The van der Waals surface area contributed by atoms with Gasteiger partial charge in [-0.3, -0.25) is 0 Å². The van der Waals surface area contributed by atoms with Crippen molar-refractivity contribution in [2.24, 2.45) is 0 Å². The van der Waals surface area contributed by atoms with E-state index in [1.807, 2.05) is 13.1 Å². The Hall–Kier alpha value is -1.30. The van der Waals surface area contributed by atoms with Gasteiger partial charge in [0.1, 0.15) is 5.82 Å². The summed E-state index contributed by atoms with van der Waals surface area (Å²) in [5.41, 5.74) is 1.05. The minimum absolute atomic E-state index is 0.564. The highest BCUT2D eigenvalue weighted by Gasteiger charge is 2.04. The minimum atomic E-state index is 0.564. The summed E-state index contributed by atoms with van der Waals surface area (Å²) in [6.07, 6.45) is 5.97. The standard InChI is InChI=1S/C11H17N3/c1-3-4-6-11-13-10(2)9-14(11)8-5-7-12/h9H,3-6,8H2,1-2H3. The molecule has 0 aliphatic rings. The zero-order valence-electron chi connectivity index (χ0n) is 8.95. The third-order valence-electron chi connectivity index (χ3n) is 2.20. The number of hydrogen-bond acceptors (Lipinski definition) is 2.